The summed E-state index contributed by atoms with van der Waals surface area (Å²) in [5.41, 5.74) is 4.06. The van der Waals surface area contributed by atoms with E-state index in [1.165, 1.54) is 5.56 Å². The van der Waals surface area contributed by atoms with Gasteiger partial charge in [-0.15, -0.1) is 0 Å². The maximum Gasteiger partial charge on any atom is 0.231 e. The van der Waals surface area contributed by atoms with Crippen LogP contribution in [0, 0.1) is 18.8 Å². The molecule has 3 aromatic rings. The number of pyridine rings is 2. The second-order valence-electron chi connectivity index (χ2n) is 12.0. The van der Waals surface area contributed by atoms with Gasteiger partial charge in [-0.3, -0.25) is 9.69 Å². The van der Waals surface area contributed by atoms with E-state index in [0.29, 0.717) is 48.8 Å². The minimum atomic E-state index is -0.293. The first-order chi connectivity index (χ1) is 19.5. The fourth-order valence-corrected chi connectivity index (χ4v) is 6.46. The van der Waals surface area contributed by atoms with Crippen LogP contribution in [0.25, 0.3) is 11.3 Å². The van der Waals surface area contributed by atoms with Crippen LogP contribution < -0.4 is 9.64 Å². The number of hydrogen-bond donors (Lipinski definition) is 1. The lowest BCUT2D eigenvalue weighted by Gasteiger charge is -2.35. The number of carbonyl (C=O) groups is 1. The van der Waals surface area contributed by atoms with E-state index in [-0.39, 0.29) is 17.9 Å². The summed E-state index contributed by atoms with van der Waals surface area (Å²) in [7, 11) is 1.66. The summed E-state index contributed by atoms with van der Waals surface area (Å²) in [6.45, 7) is 2.70. The Bertz CT molecular complexity index is 1320. The lowest BCUT2D eigenvalue weighted by Crippen LogP contribution is -2.42. The van der Waals surface area contributed by atoms with Crippen molar-refractivity contribution in [2.75, 3.05) is 18.6 Å². The molecule has 0 atom stereocenters. The van der Waals surface area contributed by atoms with E-state index in [0.717, 1.165) is 74.1 Å². The van der Waals surface area contributed by atoms with Crippen LogP contribution in [0.4, 0.5) is 5.82 Å². The number of amides is 1. The number of ether oxygens (including phenoxy) is 1. The van der Waals surface area contributed by atoms with Crippen molar-refractivity contribution in [3.8, 4) is 17.1 Å². The third kappa shape index (κ3) is 5.92. The van der Waals surface area contributed by atoms with Gasteiger partial charge in [0.15, 0.2) is 5.89 Å². The van der Waals surface area contributed by atoms with E-state index in [4.69, 9.17) is 14.1 Å². The molecule has 8 nitrogen and oxygen atoms in total. The molecule has 0 spiro atoms. The first-order valence-electron chi connectivity index (χ1n) is 14.9. The van der Waals surface area contributed by atoms with Crippen LogP contribution in [0.15, 0.2) is 41.3 Å². The zero-order valence-electron chi connectivity index (χ0n) is 23.6. The first kappa shape index (κ1) is 26.9. The van der Waals surface area contributed by atoms with Gasteiger partial charge in [0.1, 0.15) is 17.8 Å². The normalized spacial score (nSPS) is 25.0. The van der Waals surface area contributed by atoms with Crippen LogP contribution in [0.2, 0.25) is 0 Å². The minimum absolute atomic E-state index is 0.0768. The van der Waals surface area contributed by atoms with Gasteiger partial charge >= 0.3 is 0 Å². The predicted molar refractivity (Wildman–Crippen MR) is 152 cm³/mol. The van der Waals surface area contributed by atoms with Gasteiger partial charge in [0.05, 0.1) is 13.2 Å². The van der Waals surface area contributed by atoms with Crippen LogP contribution in [-0.2, 0) is 4.79 Å². The van der Waals surface area contributed by atoms with Crippen molar-refractivity contribution < 1.29 is 19.1 Å². The summed E-state index contributed by atoms with van der Waals surface area (Å²) >= 11 is 0. The summed E-state index contributed by atoms with van der Waals surface area (Å²) in [6, 6.07) is 6.13. The zero-order valence-corrected chi connectivity index (χ0v) is 23.6. The Morgan fingerprint density at radius 1 is 1.02 bits per heavy atom. The molecule has 0 saturated heterocycles. The molecule has 0 unspecified atom stereocenters. The van der Waals surface area contributed by atoms with Gasteiger partial charge in [-0.1, -0.05) is 0 Å². The Balaban J connectivity index is 1.19. The highest BCUT2D eigenvalue weighted by Gasteiger charge is 2.33. The van der Waals surface area contributed by atoms with Gasteiger partial charge in [0, 0.05) is 41.9 Å². The number of aromatic nitrogens is 3. The third-order valence-electron chi connectivity index (χ3n) is 9.08. The SMILES string of the molecule is COc1ncc([C@H]2CC[C@H](CN(c3cc(-c4coc(C5CC5)n4)ccn3)C(=O)[C@H]3CC[C@H](O)CC3)CC2)cc1C. The lowest BCUT2D eigenvalue weighted by molar-refractivity contribution is -0.124. The van der Waals surface area contributed by atoms with Gasteiger partial charge in [-0.2, -0.15) is 0 Å². The van der Waals surface area contributed by atoms with E-state index >= 15 is 0 Å². The highest BCUT2D eigenvalue weighted by Crippen LogP contribution is 2.41. The Morgan fingerprint density at radius 3 is 2.48 bits per heavy atom. The van der Waals surface area contributed by atoms with Crippen molar-refractivity contribution in [1.82, 2.24) is 15.0 Å². The fourth-order valence-electron chi connectivity index (χ4n) is 6.46. The number of rotatable bonds is 8. The maximum absolute atomic E-state index is 14.0. The molecule has 3 aliphatic carbocycles. The molecule has 1 amide bonds. The molecular formula is C32H40N4O4. The number of aryl methyl sites for hydroxylation is 1. The number of aliphatic hydroxyl groups excluding tert-OH is 1. The quantitative estimate of drug-likeness (QED) is 0.361. The topological polar surface area (TPSA) is 102 Å². The number of anilines is 1. The number of carbonyl (C=O) groups excluding carboxylic acids is 1. The smallest absolute Gasteiger partial charge is 0.231 e. The second-order valence-corrected chi connectivity index (χ2v) is 12.0. The monoisotopic (exact) mass is 544 g/mol. The summed E-state index contributed by atoms with van der Waals surface area (Å²) < 4.78 is 11.1. The molecule has 8 heteroatoms. The minimum Gasteiger partial charge on any atom is -0.481 e. The Hall–Kier alpha value is -3.26. The van der Waals surface area contributed by atoms with Crippen molar-refractivity contribution in [2.45, 2.75) is 89.1 Å². The van der Waals surface area contributed by atoms with Crippen LogP contribution in [0.3, 0.4) is 0 Å². The molecule has 3 heterocycles. The summed E-state index contributed by atoms with van der Waals surface area (Å²) in [5, 5.41) is 10.0. The van der Waals surface area contributed by atoms with Gasteiger partial charge in [0.25, 0.3) is 0 Å². The molecule has 0 aromatic carbocycles. The summed E-state index contributed by atoms with van der Waals surface area (Å²) in [6.07, 6.45) is 14.5. The van der Waals surface area contributed by atoms with E-state index < -0.39 is 0 Å². The molecule has 3 aromatic heterocycles. The standard InChI is InChI=1S/C32H40N4O4/c1-20-15-26(17-34-30(20)39-2)22-5-3-21(4-6-22)18-36(32(38)24-9-11-27(37)12-10-24)29-16-25(13-14-33-29)28-19-40-31(35-28)23-7-8-23/h13-17,19,21-24,27,37H,3-12,18H2,1-2H3/t21-,22-,24-,27-. The Kier molecular flexibility index (Phi) is 7.87. The molecule has 0 radical (unpaired) electrons. The van der Waals surface area contributed by atoms with Crippen LogP contribution in [0.1, 0.15) is 93.1 Å². The lowest BCUT2D eigenvalue weighted by atomic mass is 9.78. The molecule has 212 valence electrons. The van der Waals surface area contributed by atoms with Crippen molar-refractivity contribution in [2.24, 2.45) is 11.8 Å². The molecule has 3 saturated carbocycles. The molecule has 3 fully saturated rings. The molecule has 0 aliphatic heterocycles. The van der Waals surface area contributed by atoms with Crippen LogP contribution in [0.5, 0.6) is 5.88 Å². The number of nitrogens with zero attached hydrogens (tertiary/aromatic N) is 4. The third-order valence-corrected chi connectivity index (χ3v) is 9.08. The molecule has 1 N–H and O–H groups in total. The van der Waals surface area contributed by atoms with Gasteiger partial charge in [-0.25, -0.2) is 15.0 Å². The van der Waals surface area contributed by atoms with E-state index in [1.807, 2.05) is 30.2 Å². The van der Waals surface area contributed by atoms with Gasteiger partial charge < -0.3 is 14.3 Å². The summed E-state index contributed by atoms with van der Waals surface area (Å²) in [5.74, 6) is 3.56. The van der Waals surface area contributed by atoms with Crippen molar-refractivity contribution >= 4 is 11.7 Å². The summed E-state index contributed by atoms with van der Waals surface area (Å²) in [4.78, 5) is 29.8. The van der Waals surface area contributed by atoms with Gasteiger partial charge in [-0.05, 0) is 107 Å². The average molecular weight is 545 g/mol. The predicted octanol–water partition coefficient (Wildman–Crippen LogP) is 6.18. The zero-order chi connectivity index (χ0) is 27.6. The van der Waals surface area contributed by atoms with E-state index in [2.05, 4.69) is 16.0 Å². The highest BCUT2D eigenvalue weighted by atomic mass is 16.5. The van der Waals surface area contributed by atoms with Crippen LogP contribution >= 0.6 is 0 Å². The van der Waals surface area contributed by atoms with Crippen molar-refractivity contribution in [3.63, 3.8) is 0 Å². The average Bonchev–Trinajstić information content (AvgIpc) is 3.72. The van der Waals surface area contributed by atoms with E-state index in [1.54, 1.807) is 19.6 Å². The van der Waals surface area contributed by atoms with Crippen LogP contribution in [-0.4, -0.2) is 45.7 Å². The molecule has 3 aliphatic rings. The number of methoxy groups -OCH3 is 1. The number of oxazole rings is 1. The van der Waals surface area contributed by atoms with Crippen molar-refractivity contribution in [1.29, 1.82) is 0 Å². The number of aliphatic hydroxyl groups is 1. The number of hydrogen-bond acceptors (Lipinski definition) is 7. The molecule has 0 bridgehead atoms. The molecule has 6 rings (SSSR count). The van der Waals surface area contributed by atoms with Gasteiger partial charge in [0.2, 0.25) is 11.8 Å². The van der Waals surface area contributed by atoms with E-state index in [9.17, 15) is 9.90 Å². The Morgan fingerprint density at radius 2 is 1.77 bits per heavy atom. The largest absolute Gasteiger partial charge is 0.481 e. The first-order valence-corrected chi connectivity index (χ1v) is 14.9. The molecular weight excluding hydrogens is 504 g/mol. The fraction of sp³-hybridized carbons (Fsp3) is 0.562. The van der Waals surface area contributed by atoms with Crippen molar-refractivity contribution in [3.05, 3.63) is 53.9 Å². The second kappa shape index (κ2) is 11.7. The maximum atomic E-state index is 14.0. The Labute approximate surface area is 236 Å². The highest BCUT2D eigenvalue weighted by molar-refractivity contribution is 5.94. The molecule has 40 heavy (non-hydrogen) atoms.